The topological polar surface area (TPSA) is 0 Å². The van der Waals surface area contributed by atoms with Gasteiger partial charge in [0.2, 0.25) is 0 Å². The van der Waals surface area contributed by atoms with E-state index in [-0.39, 0.29) is 65.4 Å². The van der Waals surface area contributed by atoms with E-state index in [1.54, 1.807) is 6.07 Å². The van der Waals surface area contributed by atoms with Gasteiger partial charge in [0.1, 0.15) is 0 Å². The van der Waals surface area contributed by atoms with E-state index in [9.17, 15) is 0 Å². The molecule has 0 nitrogen and oxygen atoms in total. The molecular formula is C26H38Y2-4. The van der Waals surface area contributed by atoms with Gasteiger partial charge in [0.05, 0.1) is 0 Å². The normalized spacial score (nSPS) is 6.00. The fourth-order valence-corrected chi connectivity index (χ4v) is 0.987. The van der Waals surface area contributed by atoms with E-state index in [0.717, 1.165) is 0 Å². The fraction of sp³-hybridized carbons (Fsp3) is 0.308. The molecule has 0 spiro atoms. The molecule has 2 heteroatoms. The van der Waals surface area contributed by atoms with Gasteiger partial charge in [-0.3, -0.25) is 18.2 Å². The molecular weight excluding hydrogens is 490 g/mol. The second-order valence-electron chi connectivity index (χ2n) is 3.16. The summed E-state index contributed by atoms with van der Waals surface area (Å²) < 4.78 is 0. The average Bonchev–Trinajstić information content (AvgIpc) is 2.83. The number of benzene rings is 3. The standard InChI is InChI=1S/2C6H5.C6H4.4C2H6.2Y/c3*1-2-4-6-5-3-1;4*1-2;;/h2*1-5H;1-3,6H;4*1-2H3;;/q2*-1;-2;;;;;;. The Bertz CT molecular complexity index is 301. The summed E-state index contributed by atoms with van der Waals surface area (Å²) in [5.41, 5.74) is 0. The van der Waals surface area contributed by atoms with Gasteiger partial charge in [-0.2, -0.15) is 72.8 Å². The summed E-state index contributed by atoms with van der Waals surface area (Å²) in [5.74, 6) is 0. The van der Waals surface area contributed by atoms with Gasteiger partial charge in [0.15, 0.2) is 0 Å². The van der Waals surface area contributed by atoms with Gasteiger partial charge in [-0.25, -0.2) is 0 Å². The van der Waals surface area contributed by atoms with Crippen LogP contribution in [0.1, 0.15) is 55.4 Å². The third-order valence-corrected chi connectivity index (χ3v) is 1.77. The van der Waals surface area contributed by atoms with Crippen LogP contribution in [0.2, 0.25) is 0 Å². The van der Waals surface area contributed by atoms with Crippen LogP contribution in [0, 0.1) is 24.3 Å². The maximum atomic E-state index is 2.89. The predicted octanol–water partition coefficient (Wildman–Crippen LogP) is 8.36. The first-order valence-electron chi connectivity index (χ1n) is 9.64. The van der Waals surface area contributed by atoms with Gasteiger partial charge in [-0.1, -0.05) is 55.4 Å². The zero-order valence-corrected chi connectivity index (χ0v) is 24.9. The summed E-state index contributed by atoms with van der Waals surface area (Å²) in [6.45, 7) is 16.0. The van der Waals surface area contributed by atoms with Crippen molar-refractivity contribution in [2.75, 3.05) is 0 Å². The van der Waals surface area contributed by atoms with Crippen LogP contribution < -0.4 is 0 Å². The maximum Gasteiger partial charge on any atom is 0 e. The van der Waals surface area contributed by atoms with Crippen molar-refractivity contribution in [3.63, 3.8) is 0 Å². The molecule has 0 saturated heterocycles. The third-order valence-electron chi connectivity index (χ3n) is 1.77. The molecule has 3 aromatic rings. The van der Waals surface area contributed by atoms with E-state index in [1.807, 2.05) is 134 Å². The van der Waals surface area contributed by atoms with Crippen molar-refractivity contribution in [2.45, 2.75) is 55.4 Å². The van der Waals surface area contributed by atoms with Crippen LogP contribution in [0.4, 0.5) is 0 Å². The average molecular weight is 528 g/mol. The van der Waals surface area contributed by atoms with Crippen LogP contribution in [0.5, 0.6) is 0 Å². The Balaban J connectivity index is -0.0000000535. The minimum atomic E-state index is 0. The molecule has 0 bridgehead atoms. The van der Waals surface area contributed by atoms with Crippen molar-refractivity contribution in [3.05, 3.63) is 109 Å². The van der Waals surface area contributed by atoms with Gasteiger partial charge in [-0.05, 0) is 0 Å². The third kappa shape index (κ3) is 50.1. The Morgan fingerprint density at radius 1 is 0.321 bits per heavy atom. The van der Waals surface area contributed by atoms with Gasteiger partial charge in [-0.15, -0.1) is 0 Å². The summed E-state index contributed by atoms with van der Waals surface area (Å²) in [5, 5.41) is 0. The van der Waals surface area contributed by atoms with Gasteiger partial charge in [0.25, 0.3) is 0 Å². The molecule has 0 atom stereocenters. The summed E-state index contributed by atoms with van der Waals surface area (Å²) in [7, 11) is 0. The van der Waals surface area contributed by atoms with Crippen LogP contribution in [0.25, 0.3) is 0 Å². The number of hydrogen-bond acceptors (Lipinski definition) is 0. The minimum absolute atomic E-state index is 0. The number of rotatable bonds is 0. The predicted molar refractivity (Wildman–Crippen MR) is 120 cm³/mol. The van der Waals surface area contributed by atoms with E-state index in [2.05, 4.69) is 24.3 Å². The van der Waals surface area contributed by atoms with Crippen molar-refractivity contribution in [1.82, 2.24) is 0 Å². The molecule has 0 aliphatic rings. The summed E-state index contributed by atoms with van der Waals surface area (Å²) in [6.07, 6.45) is 0. The molecule has 0 aromatic heterocycles. The van der Waals surface area contributed by atoms with Crippen molar-refractivity contribution < 1.29 is 65.4 Å². The second kappa shape index (κ2) is 56.3. The molecule has 2 radical (unpaired) electrons. The summed E-state index contributed by atoms with van der Waals surface area (Å²) >= 11 is 0. The molecule has 3 aromatic carbocycles. The van der Waals surface area contributed by atoms with Crippen LogP contribution in [0.15, 0.2) is 84.9 Å². The molecule has 0 heterocycles. The Morgan fingerprint density at radius 2 is 0.571 bits per heavy atom. The first kappa shape index (κ1) is 42.1. The molecule has 0 unspecified atom stereocenters. The monoisotopic (exact) mass is 528 g/mol. The Kier molecular flexibility index (Phi) is 84.6. The first-order chi connectivity index (χ1) is 13.0. The molecule has 0 aliphatic heterocycles. The van der Waals surface area contributed by atoms with E-state index < -0.39 is 0 Å². The van der Waals surface area contributed by atoms with Gasteiger partial charge in [0, 0.05) is 65.4 Å². The smallest absolute Gasteiger partial charge is 0 e. The Morgan fingerprint density at radius 3 is 0.643 bits per heavy atom. The minimum Gasteiger partial charge on any atom is -0.359 e. The maximum absolute atomic E-state index is 2.89. The fourth-order valence-electron chi connectivity index (χ4n) is 0.987. The molecule has 0 aliphatic carbocycles. The largest absolute Gasteiger partial charge is 0.359 e. The van der Waals surface area contributed by atoms with Crippen LogP contribution in [-0.2, 0) is 65.4 Å². The zero-order valence-electron chi connectivity index (χ0n) is 19.2. The molecule has 152 valence electrons. The Hall–Kier alpha value is -0.132. The van der Waals surface area contributed by atoms with Crippen molar-refractivity contribution in [3.8, 4) is 0 Å². The van der Waals surface area contributed by atoms with E-state index in [0.29, 0.717) is 0 Å². The number of hydrogen-bond donors (Lipinski definition) is 0. The summed E-state index contributed by atoms with van der Waals surface area (Å²) in [6, 6.07) is 38.0. The molecule has 0 fully saturated rings. The van der Waals surface area contributed by atoms with E-state index in [1.165, 1.54) is 0 Å². The Labute approximate surface area is 227 Å². The van der Waals surface area contributed by atoms with Crippen molar-refractivity contribution in [2.24, 2.45) is 0 Å². The van der Waals surface area contributed by atoms with Gasteiger partial charge >= 0.3 is 0 Å². The quantitative estimate of drug-likeness (QED) is 0.257. The van der Waals surface area contributed by atoms with Crippen molar-refractivity contribution >= 4 is 0 Å². The van der Waals surface area contributed by atoms with Crippen LogP contribution in [-0.4, -0.2) is 0 Å². The van der Waals surface area contributed by atoms with Crippen LogP contribution in [0.3, 0.4) is 0 Å². The van der Waals surface area contributed by atoms with Gasteiger partial charge < -0.3 is 18.2 Å². The van der Waals surface area contributed by atoms with E-state index in [4.69, 9.17) is 0 Å². The molecule has 0 amide bonds. The zero-order chi connectivity index (χ0) is 20.7. The SMILES string of the molecule is CC.CC.CC.CC.[Y].[Y].[c-]1c[c-]ccc1.[c-]1ccccc1.[c-]1ccccc1. The molecule has 3 rings (SSSR count). The molecule has 0 saturated carbocycles. The van der Waals surface area contributed by atoms with Crippen LogP contribution >= 0.6 is 0 Å². The van der Waals surface area contributed by atoms with Crippen molar-refractivity contribution in [1.29, 1.82) is 0 Å². The summed E-state index contributed by atoms with van der Waals surface area (Å²) in [4.78, 5) is 0. The molecule has 0 N–H and O–H groups in total. The van der Waals surface area contributed by atoms with E-state index >= 15 is 0 Å². The molecule has 28 heavy (non-hydrogen) atoms. The first-order valence-corrected chi connectivity index (χ1v) is 9.64. The second-order valence-corrected chi connectivity index (χ2v) is 3.16.